The molecule has 0 saturated heterocycles. The number of aryl methyl sites for hydroxylation is 2. The third-order valence-electron chi connectivity index (χ3n) is 5.98. The fourth-order valence-electron chi connectivity index (χ4n) is 4.11. The zero-order valence-electron chi connectivity index (χ0n) is 18.7. The first kappa shape index (κ1) is 23.8. The molecule has 1 aliphatic heterocycles. The van der Waals surface area contributed by atoms with E-state index in [0.717, 1.165) is 17.5 Å². The highest BCUT2D eigenvalue weighted by atomic mass is 32.2. The molecule has 4 rings (SSSR count). The van der Waals surface area contributed by atoms with Crippen LogP contribution in [-0.4, -0.2) is 32.3 Å². The van der Waals surface area contributed by atoms with E-state index in [-0.39, 0.29) is 16.0 Å². The van der Waals surface area contributed by atoms with E-state index in [1.807, 2.05) is 0 Å². The summed E-state index contributed by atoms with van der Waals surface area (Å²) in [6.45, 7) is 3.55. The van der Waals surface area contributed by atoms with Crippen molar-refractivity contribution >= 4 is 16.4 Å². The van der Waals surface area contributed by atoms with Gasteiger partial charge in [0.05, 0.1) is 12.0 Å². The summed E-state index contributed by atoms with van der Waals surface area (Å²) in [6, 6.07) is 15.9. The molecule has 5 nitrogen and oxygen atoms in total. The van der Waals surface area contributed by atoms with Crippen molar-refractivity contribution in [2.45, 2.75) is 36.5 Å². The second-order valence-electron chi connectivity index (χ2n) is 8.20. The first-order valence-corrected chi connectivity index (χ1v) is 11.9. The number of aliphatic imine (C=N–C) groups is 1. The van der Waals surface area contributed by atoms with Gasteiger partial charge in [-0.25, -0.2) is 12.7 Å². The molecule has 3 aromatic rings. The third-order valence-corrected chi connectivity index (χ3v) is 7.71. The van der Waals surface area contributed by atoms with Crippen molar-refractivity contribution < 1.29 is 26.3 Å². The van der Waals surface area contributed by atoms with Gasteiger partial charge < -0.3 is 4.74 Å². The number of methoxy groups -OCH3 is 1. The molecule has 0 radical (unpaired) electrons. The largest absolute Gasteiger partial charge is 0.497 e. The number of ether oxygens (including phenoxy) is 1. The molecule has 3 aromatic carbocycles. The maximum absolute atomic E-state index is 14.9. The molecule has 0 aromatic heterocycles. The topological polar surface area (TPSA) is 59.0 Å². The summed E-state index contributed by atoms with van der Waals surface area (Å²) in [5, 5.41) is 0. The van der Waals surface area contributed by atoms with Gasteiger partial charge in [-0.05, 0) is 49.2 Å². The monoisotopic (exact) mass is 488 g/mol. The van der Waals surface area contributed by atoms with E-state index in [9.17, 15) is 21.6 Å². The van der Waals surface area contributed by atoms with Crippen molar-refractivity contribution in [3.63, 3.8) is 0 Å². The molecule has 0 bridgehead atoms. The molecule has 34 heavy (non-hydrogen) atoms. The Morgan fingerprint density at radius 3 is 1.91 bits per heavy atom. The first-order chi connectivity index (χ1) is 16.0. The number of hydrogen-bond donors (Lipinski definition) is 0. The van der Waals surface area contributed by atoms with Gasteiger partial charge in [0.25, 0.3) is 10.0 Å². The Bertz CT molecular complexity index is 1300. The molecule has 0 saturated carbocycles. The van der Waals surface area contributed by atoms with Crippen LogP contribution in [0.5, 0.6) is 5.75 Å². The zero-order valence-corrected chi connectivity index (χ0v) is 19.6. The predicted molar refractivity (Wildman–Crippen MR) is 123 cm³/mol. The van der Waals surface area contributed by atoms with E-state index in [0.29, 0.717) is 10.1 Å². The van der Waals surface area contributed by atoms with E-state index < -0.39 is 27.8 Å². The minimum atomic E-state index is -4.90. The number of halogens is 3. The van der Waals surface area contributed by atoms with Gasteiger partial charge in [-0.15, -0.1) is 0 Å². The average molecular weight is 489 g/mol. The number of benzene rings is 3. The zero-order chi connectivity index (χ0) is 24.7. The molecule has 178 valence electrons. The summed E-state index contributed by atoms with van der Waals surface area (Å²) < 4.78 is 77.9. The lowest BCUT2D eigenvalue weighted by atomic mass is 9.79. The summed E-state index contributed by atoms with van der Waals surface area (Å²) in [5.41, 5.74) is -1.26. The molecule has 1 aliphatic rings. The second kappa shape index (κ2) is 8.47. The Labute approximate surface area is 196 Å². The van der Waals surface area contributed by atoms with Gasteiger partial charge in [-0.3, -0.25) is 4.99 Å². The fraction of sp³-hybridized carbons (Fsp3) is 0.240. The maximum Gasteiger partial charge on any atom is 0.420 e. The molecule has 9 heteroatoms. The summed E-state index contributed by atoms with van der Waals surface area (Å²) in [5.74, 6) is 0.434. The number of nitrogens with zero attached hydrogens (tertiary/aromatic N) is 2. The lowest BCUT2D eigenvalue weighted by molar-refractivity contribution is -0.197. The van der Waals surface area contributed by atoms with Crippen LogP contribution in [0.25, 0.3) is 0 Å². The molecule has 1 heterocycles. The van der Waals surface area contributed by atoms with Crippen molar-refractivity contribution in [2.75, 3.05) is 7.11 Å². The number of alkyl halides is 3. The Balaban J connectivity index is 1.97. The SMILES string of the molecule is COc1ccc([C@H]2N(S(=O)(=O)c3ccc(C)cc3)C=N[C@]2(c2ccc(C)cc2)C(F)(F)F)cc1. The van der Waals surface area contributed by atoms with E-state index in [1.54, 1.807) is 38.1 Å². The summed E-state index contributed by atoms with van der Waals surface area (Å²) in [4.78, 5) is 3.77. The smallest absolute Gasteiger partial charge is 0.420 e. The van der Waals surface area contributed by atoms with Gasteiger partial charge >= 0.3 is 6.18 Å². The van der Waals surface area contributed by atoms with Gasteiger partial charge in [0.1, 0.15) is 18.1 Å². The van der Waals surface area contributed by atoms with Crippen LogP contribution in [0.1, 0.15) is 28.3 Å². The molecule has 0 unspecified atom stereocenters. The van der Waals surface area contributed by atoms with Gasteiger partial charge in [0.15, 0.2) is 0 Å². The average Bonchev–Trinajstić information content (AvgIpc) is 3.23. The lowest BCUT2D eigenvalue weighted by Gasteiger charge is -2.38. The quantitative estimate of drug-likeness (QED) is 0.474. The Kier molecular flexibility index (Phi) is 5.93. The minimum Gasteiger partial charge on any atom is -0.497 e. The van der Waals surface area contributed by atoms with Crippen molar-refractivity contribution in [2.24, 2.45) is 4.99 Å². The van der Waals surface area contributed by atoms with Crippen LogP contribution < -0.4 is 4.74 Å². The molecule has 0 fully saturated rings. The number of hydrogen-bond acceptors (Lipinski definition) is 4. The lowest BCUT2D eigenvalue weighted by Crippen LogP contribution is -2.48. The van der Waals surface area contributed by atoms with Crippen LogP contribution in [0.2, 0.25) is 0 Å². The van der Waals surface area contributed by atoms with Crippen molar-refractivity contribution in [1.29, 1.82) is 0 Å². The van der Waals surface area contributed by atoms with Crippen LogP contribution in [-0.2, 0) is 15.6 Å². The molecular formula is C25H23F3N2O3S. The molecule has 0 amide bonds. The van der Waals surface area contributed by atoms with Crippen LogP contribution in [0.3, 0.4) is 0 Å². The Morgan fingerprint density at radius 1 is 0.882 bits per heavy atom. The summed E-state index contributed by atoms with van der Waals surface area (Å²) in [6.07, 6.45) is -4.11. The van der Waals surface area contributed by atoms with Crippen LogP contribution in [0, 0.1) is 13.8 Å². The minimum absolute atomic E-state index is 0.120. The van der Waals surface area contributed by atoms with Crippen molar-refractivity contribution in [1.82, 2.24) is 4.31 Å². The van der Waals surface area contributed by atoms with Crippen LogP contribution in [0.4, 0.5) is 13.2 Å². The highest BCUT2D eigenvalue weighted by Gasteiger charge is 2.66. The molecular weight excluding hydrogens is 465 g/mol. The predicted octanol–water partition coefficient (Wildman–Crippen LogP) is 5.54. The second-order valence-corrected chi connectivity index (χ2v) is 10.0. The summed E-state index contributed by atoms with van der Waals surface area (Å²) >= 11 is 0. The van der Waals surface area contributed by atoms with Crippen molar-refractivity contribution in [3.8, 4) is 5.75 Å². The van der Waals surface area contributed by atoms with Gasteiger partial charge in [-0.1, -0.05) is 59.7 Å². The molecule has 2 atom stereocenters. The molecule has 0 spiro atoms. The Hall–Kier alpha value is -3.33. The summed E-state index contributed by atoms with van der Waals surface area (Å²) in [7, 11) is -2.92. The van der Waals surface area contributed by atoms with Crippen LogP contribution in [0.15, 0.2) is 82.7 Å². The van der Waals surface area contributed by atoms with E-state index in [4.69, 9.17) is 4.74 Å². The van der Waals surface area contributed by atoms with Gasteiger partial charge in [0, 0.05) is 0 Å². The highest BCUT2D eigenvalue weighted by Crippen LogP contribution is 2.56. The highest BCUT2D eigenvalue weighted by molar-refractivity contribution is 7.89. The van der Waals surface area contributed by atoms with E-state index in [1.165, 1.54) is 55.6 Å². The number of sulfonamides is 1. The standard InChI is InChI=1S/C25H23F3N2O3S/c1-17-4-10-20(11-5-17)24(25(26,27)28)23(19-8-12-21(33-3)13-9-19)30(16-29-24)34(31,32)22-14-6-18(2)7-15-22/h4-16,23H,1-3H3/t23-,24+/m1/s1. The molecule has 0 aliphatic carbocycles. The van der Waals surface area contributed by atoms with E-state index in [2.05, 4.69) is 4.99 Å². The fourth-order valence-corrected chi connectivity index (χ4v) is 5.55. The number of rotatable bonds is 5. The molecule has 0 N–H and O–H groups in total. The van der Waals surface area contributed by atoms with Gasteiger partial charge in [-0.2, -0.15) is 13.2 Å². The first-order valence-electron chi connectivity index (χ1n) is 10.4. The van der Waals surface area contributed by atoms with Crippen LogP contribution >= 0.6 is 0 Å². The Morgan fingerprint density at radius 2 is 1.41 bits per heavy atom. The maximum atomic E-state index is 14.9. The van der Waals surface area contributed by atoms with Crippen molar-refractivity contribution in [3.05, 3.63) is 95.1 Å². The van der Waals surface area contributed by atoms with Gasteiger partial charge in [0.2, 0.25) is 5.54 Å². The normalized spacial score (nSPS) is 20.5. The third kappa shape index (κ3) is 3.83. The van der Waals surface area contributed by atoms with E-state index >= 15 is 0 Å².